The van der Waals surface area contributed by atoms with Gasteiger partial charge in [-0.1, -0.05) is 29.5 Å². The molecule has 1 aliphatic carbocycles. The van der Waals surface area contributed by atoms with E-state index in [1.165, 1.54) is 24.2 Å². The van der Waals surface area contributed by atoms with Gasteiger partial charge in [0, 0.05) is 12.1 Å². The molecule has 0 aliphatic heterocycles. The molecule has 0 radical (unpaired) electrons. The van der Waals surface area contributed by atoms with Crippen LogP contribution in [-0.4, -0.2) is 17.4 Å². The van der Waals surface area contributed by atoms with Crippen LogP contribution in [0.15, 0.2) is 42.5 Å². The van der Waals surface area contributed by atoms with E-state index in [4.69, 9.17) is 5.73 Å². The van der Waals surface area contributed by atoms with Crippen molar-refractivity contribution in [3.05, 3.63) is 48.0 Å². The lowest BCUT2D eigenvalue weighted by Crippen LogP contribution is -2.25. The fourth-order valence-electron chi connectivity index (χ4n) is 2.63. The Hall–Kier alpha value is -2.40. The number of thiazole rings is 1. The molecule has 1 heterocycles. The Morgan fingerprint density at radius 2 is 2.04 bits per heavy atom. The largest absolute Gasteiger partial charge is 0.375 e. The number of nitrogens with one attached hydrogen (secondary N) is 1. The maximum Gasteiger partial charge on any atom is 0.251 e. The van der Waals surface area contributed by atoms with Crippen molar-refractivity contribution < 1.29 is 4.79 Å². The second kappa shape index (κ2) is 5.66. The number of nitrogens with two attached hydrogens (primary N) is 1. The summed E-state index contributed by atoms with van der Waals surface area (Å²) in [5, 5.41) is 3.58. The van der Waals surface area contributed by atoms with Gasteiger partial charge in [-0.25, -0.2) is 4.98 Å². The molecule has 1 amide bonds. The van der Waals surface area contributed by atoms with Crippen molar-refractivity contribution in [1.82, 2.24) is 10.3 Å². The van der Waals surface area contributed by atoms with Crippen LogP contribution in [0.3, 0.4) is 0 Å². The molecular weight excluding hydrogens is 306 g/mol. The number of hydrogen-bond acceptors (Lipinski definition) is 4. The average molecular weight is 323 g/mol. The minimum atomic E-state index is -0.00210. The molecule has 1 aromatic heterocycles. The summed E-state index contributed by atoms with van der Waals surface area (Å²) in [5.41, 5.74) is 9.41. The van der Waals surface area contributed by atoms with Crippen molar-refractivity contribution in [3.63, 3.8) is 0 Å². The van der Waals surface area contributed by atoms with Crippen molar-refractivity contribution >= 4 is 32.6 Å². The molecule has 2 aromatic carbocycles. The molecule has 0 spiro atoms. The van der Waals surface area contributed by atoms with Gasteiger partial charge in [-0.05, 0) is 54.2 Å². The van der Waals surface area contributed by atoms with Gasteiger partial charge in [0.25, 0.3) is 5.91 Å². The summed E-state index contributed by atoms with van der Waals surface area (Å²) < 4.78 is 1.07. The van der Waals surface area contributed by atoms with E-state index in [1.807, 2.05) is 42.5 Å². The van der Waals surface area contributed by atoms with Gasteiger partial charge in [0.15, 0.2) is 5.13 Å². The van der Waals surface area contributed by atoms with Gasteiger partial charge in [0.1, 0.15) is 0 Å². The Bertz CT molecular complexity index is 883. The first-order chi connectivity index (χ1) is 11.2. The molecule has 3 N–H and O–H groups in total. The Morgan fingerprint density at radius 1 is 1.22 bits per heavy atom. The van der Waals surface area contributed by atoms with Gasteiger partial charge < -0.3 is 11.1 Å². The van der Waals surface area contributed by atoms with Crippen LogP contribution in [0.4, 0.5) is 5.13 Å². The Morgan fingerprint density at radius 3 is 2.87 bits per heavy atom. The highest BCUT2D eigenvalue weighted by molar-refractivity contribution is 7.22. The number of nitrogens with zero attached hydrogens (tertiary/aromatic N) is 1. The predicted octanol–water partition coefficient (Wildman–Crippen LogP) is 3.69. The molecule has 4 nitrogen and oxygen atoms in total. The van der Waals surface area contributed by atoms with Crippen LogP contribution in [0.25, 0.3) is 21.3 Å². The Kier molecular flexibility index (Phi) is 3.50. The van der Waals surface area contributed by atoms with Crippen LogP contribution in [0.5, 0.6) is 0 Å². The van der Waals surface area contributed by atoms with Crippen LogP contribution < -0.4 is 11.1 Å². The normalized spacial score (nSPS) is 14.1. The van der Waals surface area contributed by atoms with E-state index in [0.717, 1.165) is 27.9 Å². The van der Waals surface area contributed by atoms with Crippen LogP contribution in [0.1, 0.15) is 23.2 Å². The molecule has 23 heavy (non-hydrogen) atoms. The number of amides is 1. The number of carbonyl (C=O) groups excluding carboxylic acids is 1. The second-order valence-corrected chi connectivity index (χ2v) is 7.03. The number of fused-ring (bicyclic) bond motifs is 1. The highest BCUT2D eigenvalue weighted by Crippen LogP contribution is 2.29. The number of nitrogen functional groups attached to an aromatic ring is 1. The standard InChI is InChI=1S/C18H17N3OS/c19-18-21-15-9-13(6-7-16(15)23-18)12-2-1-3-14(8-12)17(22)20-10-11-4-5-11/h1-3,6-9,11H,4-5,10H2,(H2,19,21)(H,20,22). The van der Waals surface area contributed by atoms with Gasteiger partial charge in [-0.3, -0.25) is 4.79 Å². The molecule has 0 atom stereocenters. The molecule has 116 valence electrons. The lowest BCUT2D eigenvalue weighted by Gasteiger charge is -2.07. The molecule has 1 saturated carbocycles. The van der Waals surface area contributed by atoms with Gasteiger partial charge >= 0.3 is 0 Å². The smallest absolute Gasteiger partial charge is 0.251 e. The number of hydrogen-bond donors (Lipinski definition) is 2. The second-order valence-electron chi connectivity index (χ2n) is 5.97. The van der Waals surface area contributed by atoms with Crippen LogP contribution in [0.2, 0.25) is 0 Å². The number of carbonyl (C=O) groups is 1. The lowest BCUT2D eigenvalue weighted by atomic mass is 10.0. The highest BCUT2D eigenvalue weighted by atomic mass is 32.1. The monoisotopic (exact) mass is 323 g/mol. The van der Waals surface area contributed by atoms with Crippen molar-refractivity contribution in [1.29, 1.82) is 0 Å². The fourth-order valence-corrected chi connectivity index (χ4v) is 3.34. The van der Waals surface area contributed by atoms with E-state index in [9.17, 15) is 4.79 Å². The molecule has 5 heteroatoms. The van der Waals surface area contributed by atoms with Gasteiger partial charge in [-0.2, -0.15) is 0 Å². The molecule has 0 saturated heterocycles. The lowest BCUT2D eigenvalue weighted by molar-refractivity contribution is 0.0952. The molecule has 0 unspecified atom stereocenters. The third kappa shape index (κ3) is 3.05. The molecule has 0 bridgehead atoms. The zero-order chi connectivity index (χ0) is 15.8. The third-order valence-corrected chi connectivity index (χ3v) is 4.98. The van der Waals surface area contributed by atoms with E-state index in [0.29, 0.717) is 16.6 Å². The number of anilines is 1. The zero-order valence-corrected chi connectivity index (χ0v) is 13.4. The molecule has 3 aromatic rings. The molecule has 4 rings (SSSR count). The minimum absolute atomic E-state index is 0.00210. The van der Waals surface area contributed by atoms with Crippen LogP contribution >= 0.6 is 11.3 Å². The van der Waals surface area contributed by atoms with Gasteiger partial charge in [0.2, 0.25) is 0 Å². The molecule has 1 fully saturated rings. The molecular formula is C18H17N3OS. The number of aromatic nitrogens is 1. The number of rotatable bonds is 4. The van der Waals surface area contributed by atoms with Gasteiger partial charge in [0.05, 0.1) is 10.2 Å². The highest BCUT2D eigenvalue weighted by Gasteiger charge is 2.21. The van der Waals surface area contributed by atoms with Crippen molar-refractivity contribution in [2.24, 2.45) is 5.92 Å². The summed E-state index contributed by atoms with van der Waals surface area (Å²) in [6.45, 7) is 0.785. The zero-order valence-electron chi connectivity index (χ0n) is 12.6. The Labute approximate surface area is 138 Å². The minimum Gasteiger partial charge on any atom is -0.375 e. The first-order valence-electron chi connectivity index (χ1n) is 7.74. The summed E-state index contributed by atoms with van der Waals surface area (Å²) in [6.07, 6.45) is 2.47. The van der Waals surface area contributed by atoms with E-state index in [-0.39, 0.29) is 5.91 Å². The van der Waals surface area contributed by atoms with Crippen LogP contribution in [0, 0.1) is 5.92 Å². The van der Waals surface area contributed by atoms with Crippen molar-refractivity contribution in [2.45, 2.75) is 12.8 Å². The topological polar surface area (TPSA) is 68.0 Å². The SMILES string of the molecule is Nc1nc2cc(-c3cccc(C(=O)NCC4CC4)c3)ccc2s1. The van der Waals surface area contributed by atoms with E-state index >= 15 is 0 Å². The average Bonchev–Trinajstić information content (AvgIpc) is 3.32. The third-order valence-electron chi connectivity index (χ3n) is 4.11. The summed E-state index contributed by atoms with van der Waals surface area (Å²) >= 11 is 1.48. The van der Waals surface area contributed by atoms with E-state index < -0.39 is 0 Å². The maximum absolute atomic E-state index is 12.2. The first-order valence-corrected chi connectivity index (χ1v) is 8.55. The van der Waals surface area contributed by atoms with Crippen molar-refractivity contribution in [2.75, 3.05) is 12.3 Å². The van der Waals surface area contributed by atoms with E-state index in [1.54, 1.807) is 0 Å². The number of benzene rings is 2. The van der Waals surface area contributed by atoms with Crippen molar-refractivity contribution in [3.8, 4) is 11.1 Å². The summed E-state index contributed by atoms with van der Waals surface area (Å²) in [5.74, 6) is 0.678. The van der Waals surface area contributed by atoms with E-state index in [2.05, 4.69) is 10.3 Å². The Balaban J connectivity index is 1.61. The quantitative estimate of drug-likeness (QED) is 0.769. The van der Waals surface area contributed by atoms with Gasteiger partial charge in [-0.15, -0.1) is 0 Å². The maximum atomic E-state index is 12.2. The summed E-state index contributed by atoms with van der Waals surface area (Å²) in [4.78, 5) is 16.6. The predicted molar refractivity (Wildman–Crippen MR) is 94.5 cm³/mol. The fraction of sp³-hybridized carbons (Fsp3) is 0.222. The molecule has 1 aliphatic rings. The first kappa shape index (κ1) is 14.2. The van der Waals surface area contributed by atoms with Crippen LogP contribution in [-0.2, 0) is 0 Å². The summed E-state index contributed by atoms with van der Waals surface area (Å²) in [6, 6.07) is 13.8. The summed E-state index contributed by atoms with van der Waals surface area (Å²) in [7, 11) is 0.